The number of hydrogen-bond donors (Lipinski definition) is 0. The minimum atomic E-state index is -0.574. The van der Waals surface area contributed by atoms with Gasteiger partial charge in [-0.1, -0.05) is 84.2 Å². The highest BCUT2D eigenvalue weighted by molar-refractivity contribution is 7.07. The van der Waals surface area contributed by atoms with E-state index in [4.69, 9.17) is 4.74 Å². The van der Waals surface area contributed by atoms with E-state index in [1.54, 1.807) is 17.6 Å². The summed E-state index contributed by atoms with van der Waals surface area (Å²) in [5, 5.41) is 0. The standard InChI is InChI=1S/C24H20N2O3S/c1-16-20(23(28)29-2)21(18-13-7-4-8-14-18)26-22(27)19(30-24(26)25-16)15-9-12-17-10-5-3-6-11-17/h3-15,21H,1-2H3/b12-9+,19-15?. The van der Waals surface area contributed by atoms with Crippen molar-refractivity contribution in [2.75, 3.05) is 7.11 Å². The summed E-state index contributed by atoms with van der Waals surface area (Å²) in [4.78, 5) is 30.9. The molecule has 0 N–H and O–H groups in total. The lowest BCUT2D eigenvalue weighted by Gasteiger charge is -2.24. The van der Waals surface area contributed by atoms with Crippen LogP contribution in [0.1, 0.15) is 24.1 Å². The Kier molecular flexibility index (Phi) is 5.59. The van der Waals surface area contributed by atoms with Gasteiger partial charge in [0.1, 0.15) is 0 Å². The minimum Gasteiger partial charge on any atom is -0.466 e. The second-order valence-corrected chi connectivity index (χ2v) is 7.79. The maximum atomic E-state index is 13.3. The molecule has 0 aliphatic carbocycles. The normalized spacial score (nSPS) is 16.5. The van der Waals surface area contributed by atoms with Crippen molar-refractivity contribution in [3.05, 3.63) is 109 Å². The topological polar surface area (TPSA) is 60.7 Å². The van der Waals surface area contributed by atoms with Gasteiger partial charge in [0.15, 0.2) is 4.80 Å². The number of methoxy groups -OCH3 is 1. The number of carbonyl (C=O) groups is 1. The average molecular weight is 417 g/mol. The Morgan fingerprint density at radius 3 is 2.43 bits per heavy atom. The van der Waals surface area contributed by atoms with Crippen LogP contribution in [0.5, 0.6) is 0 Å². The van der Waals surface area contributed by atoms with Crippen LogP contribution in [0.3, 0.4) is 0 Å². The largest absolute Gasteiger partial charge is 0.466 e. The highest BCUT2D eigenvalue weighted by Crippen LogP contribution is 2.30. The minimum absolute atomic E-state index is 0.181. The van der Waals surface area contributed by atoms with Crippen molar-refractivity contribution in [2.24, 2.45) is 4.99 Å². The number of ether oxygens (including phenoxy) is 1. The van der Waals surface area contributed by atoms with Crippen molar-refractivity contribution in [3.63, 3.8) is 0 Å². The summed E-state index contributed by atoms with van der Waals surface area (Å²) in [7, 11) is 1.34. The Morgan fingerprint density at radius 2 is 1.77 bits per heavy atom. The lowest BCUT2D eigenvalue weighted by Crippen LogP contribution is -2.39. The molecule has 0 saturated carbocycles. The molecular weight excluding hydrogens is 396 g/mol. The Balaban J connectivity index is 1.87. The average Bonchev–Trinajstić information content (AvgIpc) is 3.08. The zero-order valence-electron chi connectivity index (χ0n) is 16.6. The molecule has 1 unspecified atom stereocenters. The molecule has 6 heteroatoms. The third kappa shape index (κ3) is 3.69. The summed E-state index contributed by atoms with van der Waals surface area (Å²) in [5.41, 5.74) is 2.64. The summed E-state index contributed by atoms with van der Waals surface area (Å²) in [5.74, 6) is -0.483. The van der Waals surface area contributed by atoms with Crippen LogP contribution < -0.4 is 14.9 Å². The van der Waals surface area contributed by atoms with E-state index in [0.717, 1.165) is 11.1 Å². The van der Waals surface area contributed by atoms with E-state index in [-0.39, 0.29) is 5.56 Å². The fourth-order valence-electron chi connectivity index (χ4n) is 3.47. The molecular formula is C24H20N2O3S. The van der Waals surface area contributed by atoms with Gasteiger partial charge in [-0.3, -0.25) is 9.36 Å². The van der Waals surface area contributed by atoms with Crippen LogP contribution in [0.4, 0.5) is 0 Å². The van der Waals surface area contributed by atoms with Gasteiger partial charge in [0.2, 0.25) is 0 Å². The number of rotatable bonds is 4. The molecule has 2 aromatic carbocycles. The number of fused-ring (bicyclic) bond motifs is 1. The molecule has 0 spiro atoms. The first-order valence-corrected chi connectivity index (χ1v) is 10.3. The van der Waals surface area contributed by atoms with Crippen molar-refractivity contribution in [1.29, 1.82) is 0 Å². The summed E-state index contributed by atoms with van der Waals surface area (Å²) >= 11 is 1.31. The molecule has 0 bridgehead atoms. The van der Waals surface area contributed by atoms with E-state index < -0.39 is 12.0 Å². The van der Waals surface area contributed by atoms with Crippen LogP contribution in [-0.2, 0) is 9.53 Å². The predicted octanol–water partition coefficient (Wildman–Crippen LogP) is 3.07. The SMILES string of the molecule is COC(=O)C1=C(C)N=c2sc(=C/C=C/c3ccccc3)c(=O)n2C1c1ccccc1. The van der Waals surface area contributed by atoms with Gasteiger partial charge in [-0.15, -0.1) is 0 Å². The third-order valence-electron chi connectivity index (χ3n) is 4.88. The highest BCUT2D eigenvalue weighted by atomic mass is 32.1. The van der Waals surface area contributed by atoms with E-state index in [1.165, 1.54) is 18.4 Å². The lowest BCUT2D eigenvalue weighted by molar-refractivity contribution is -0.136. The number of esters is 1. The second-order valence-electron chi connectivity index (χ2n) is 6.78. The molecule has 1 aliphatic heterocycles. The van der Waals surface area contributed by atoms with Gasteiger partial charge < -0.3 is 4.74 Å². The quantitative estimate of drug-likeness (QED) is 0.614. The van der Waals surface area contributed by atoms with Crippen LogP contribution in [0.15, 0.2) is 87.8 Å². The van der Waals surface area contributed by atoms with E-state index >= 15 is 0 Å². The molecule has 1 aliphatic rings. The molecule has 5 nitrogen and oxygen atoms in total. The molecule has 0 fully saturated rings. The smallest absolute Gasteiger partial charge is 0.338 e. The monoisotopic (exact) mass is 416 g/mol. The van der Waals surface area contributed by atoms with E-state index in [1.807, 2.05) is 72.8 Å². The van der Waals surface area contributed by atoms with Crippen LogP contribution in [0.2, 0.25) is 0 Å². The molecule has 0 amide bonds. The molecule has 30 heavy (non-hydrogen) atoms. The molecule has 4 rings (SSSR count). The molecule has 3 aromatic rings. The predicted molar refractivity (Wildman–Crippen MR) is 119 cm³/mol. The van der Waals surface area contributed by atoms with Crippen molar-refractivity contribution in [3.8, 4) is 0 Å². The van der Waals surface area contributed by atoms with Crippen LogP contribution in [0, 0.1) is 0 Å². The number of nitrogens with zero attached hydrogens (tertiary/aromatic N) is 2. The van der Waals surface area contributed by atoms with Crippen molar-refractivity contribution >= 4 is 29.5 Å². The van der Waals surface area contributed by atoms with Gasteiger partial charge in [-0.2, -0.15) is 0 Å². The molecule has 150 valence electrons. The summed E-state index contributed by atoms with van der Waals surface area (Å²) in [6.45, 7) is 1.77. The zero-order valence-corrected chi connectivity index (χ0v) is 17.4. The summed E-state index contributed by atoms with van der Waals surface area (Å²) in [6.07, 6.45) is 5.58. The Hall–Kier alpha value is -3.51. The number of allylic oxidation sites excluding steroid dienone is 2. The van der Waals surface area contributed by atoms with Crippen LogP contribution in [-0.4, -0.2) is 17.6 Å². The maximum absolute atomic E-state index is 13.3. The van der Waals surface area contributed by atoms with E-state index in [0.29, 0.717) is 20.6 Å². The van der Waals surface area contributed by atoms with Gasteiger partial charge in [0.25, 0.3) is 5.56 Å². The summed E-state index contributed by atoms with van der Waals surface area (Å²) in [6, 6.07) is 18.8. The number of carbonyl (C=O) groups excluding carboxylic acids is 1. The van der Waals surface area contributed by atoms with Crippen molar-refractivity contribution in [1.82, 2.24) is 4.57 Å². The first kappa shape index (κ1) is 19.8. The number of aromatic nitrogens is 1. The van der Waals surface area contributed by atoms with Crippen LogP contribution in [0.25, 0.3) is 12.2 Å². The fourth-order valence-corrected chi connectivity index (χ4v) is 4.47. The fraction of sp³-hybridized carbons (Fsp3) is 0.125. The Morgan fingerprint density at radius 1 is 1.10 bits per heavy atom. The van der Waals surface area contributed by atoms with E-state index in [9.17, 15) is 9.59 Å². The van der Waals surface area contributed by atoms with Crippen molar-refractivity contribution in [2.45, 2.75) is 13.0 Å². The Labute approximate surface area is 177 Å². The van der Waals surface area contributed by atoms with E-state index in [2.05, 4.69) is 4.99 Å². The lowest BCUT2D eigenvalue weighted by atomic mass is 9.96. The Bertz CT molecular complexity index is 1320. The first-order valence-electron chi connectivity index (χ1n) is 9.47. The van der Waals surface area contributed by atoms with Crippen LogP contribution >= 0.6 is 11.3 Å². The highest BCUT2D eigenvalue weighted by Gasteiger charge is 2.32. The van der Waals surface area contributed by atoms with Crippen molar-refractivity contribution < 1.29 is 9.53 Å². The number of thiazole rings is 1. The molecule has 0 radical (unpaired) electrons. The molecule has 2 heterocycles. The molecule has 1 atom stereocenters. The van der Waals surface area contributed by atoms with Gasteiger partial charge in [0, 0.05) is 0 Å². The number of hydrogen-bond acceptors (Lipinski definition) is 5. The third-order valence-corrected chi connectivity index (χ3v) is 5.88. The zero-order chi connectivity index (χ0) is 21.1. The van der Waals surface area contributed by atoms with Gasteiger partial charge in [-0.05, 0) is 24.1 Å². The molecule has 1 aromatic heterocycles. The molecule has 0 saturated heterocycles. The van der Waals surface area contributed by atoms with Gasteiger partial charge in [-0.25, -0.2) is 9.79 Å². The second kappa shape index (κ2) is 8.47. The maximum Gasteiger partial charge on any atom is 0.338 e. The number of benzene rings is 2. The van der Waals surface area contributed by atoms with Gasteiger partial charge >= 0.3 is 5.97 Å². The first-order chi connectivity index (χ1) is 14.6. The van der Waals surface area contributed by atoms with Gasteiger partial charge in [0.05, 0.1) is 29.0 Å². The summed E-state index contributed by atoms with van der Waals surface area (Å²) < 4.78 is 7.14.